The molecule has 2 saturated carbocycles. The Balaban J connectivity index is 1.90. The Morgan fingerprint density at radius 1 is 1.06 bits per heavy atom. The first-order chi connectivity index (χ1) is 8.08. The first kappa shape index (κ1) is 12.3. The van der Waals surface area contributed by atoms with Gasteiger partial charge in [0.15, 0.2) is 0 Å². The highest BCUT2D eigenvalue weighted by Crippen LogP contribution is 2.80. The lowest BCUT2D eigenvalue weighted by atomic mass is 9.84. The zero-order chi connectivity index (χ0) is 12.3. The zero-order valence-corrected chi connectivity index (χ0v) is 11.7. The van der Waals surface area contributed by atoms with Crippen LogP contribution in [0.4, 0.5) is 0 Å². The van der Waals surface area contributed by atoms with Crippen LogP contribution in [0.25, 0.3) is 0 Å². The van der Waals surface area contributed by atoms with Gasteiger partial charge in [-0.1, -0.05) is 12.2 Å². The van der Waals surface area contributed by atoms with Gasteiger partial charge in [0.25, 0.3) is 0 Å². The molecule has 4 heteroatoms. The summed E-state index contributed by atoms with van der Waals surface area (Å²) in [6, 6.07) is 0. The standard InChI is InChI=1S/C13H18Cl2O2/c1-16-5-8-9(6-17-2)11-4-3-10(8)12(11)7-13(12,14)15/h3-4,8-11H,5-7H2,1-2H3/t8-,9+,10-,11+,12?. The minimum Gasteiger partial charge on any atom is -0.384 e. The molecule has 0 N–H and O–H groups in total. The van der Waals surface area contributed by atoms with Crippen LogP contribution in [-0.2, 0) is 9.47 Å². The molecule has 2 nitrogen and oxygen atoms in total. The molecule has 0 amide bonds. The van der Waals surface area contributed by atoms with Gasteiger partial charge in [-0.25, -0.2) is 0 Å². The Hall–Kier alpha value is 0.240. The number of alkyl halides is 2. The van der Waals surface area contributed by atoms with Crippen LogP contribution < -0.4 is 0 Å². The van der Waals surface area contributed by atoms with Crippen molar-refractivity contribution in [1.29, 1.82) is 0 Å². The van der Waals surface area contributed by atoms with Gasteiger partial charge in [0.1, 0.15) is 4.33 Å². The molecule has 3 aliphatic carbocycles. The van der Waals surface area contributed by atoms with Crippen molar-refractivity contribution in [3.63, 3.8) is 0 Å². The third-order valence-electron chi connectivity index (χ3n) is 4.98. The largest absolute Gasteiger partial charge is 0.384 e. The van der Waals surface area contributed by atoms with Crippen LogP contribution in [0.1, 0.15) is 6.42 Å². The molecule has 3 rings (SSSR count). The Morgan fingerprint density at radius 2 is 1.47 bits per heavy atom. The fourth-order valence-electron chi connectivity index (χ4n) is 4.27. The first-order valence-corrected chi connectivity index (χ1v) is 6.88. The first-order valence-electron chi connectivity index (χ1n) is 6.12. The molecular formula is C13H18Cl2O2. The molecule has 0 heterocycles. The van der Waals surface area contributed by atoms with Gasteiger partial charge in [-0.05, 0) is 30.1 Å². The lowest BCUT2D eigenvalue weighted by Crippen LogP contribution is -2.27. The minimum atomic E-state index is -0.541. The van der Waals surface area contributed by atoms with E-state index in [1.54, 1.807) is 14.2 Å². The lowest BCUT2D eigenvalue weighted by molar-refractivity contribution is 0.0647. The quantitative estimate of drug-likeness (QED) is 0.581. The number of hydrogen-bond donors (Lipinski definition) is 0. The van der Waals surface area contributed by atoms with Crippen LogP contribution in [0.3, 0.4) is 0 Å². The van der Waals surface area contributed by atoms with Crippen molar-refractivity contribution in [2.45, 2.75) is 10.8 Å². The minimum absolute atomic E-state index is 0.0719. The maximum atomic E-state index is 6.41. The summed E-state index contributed by atoms with van der Waals surface area (Å²) in [5.41, 5.74) is 0.0719. The highest BCUT2D eigenvalue weighted by atomic mass is 35.5. The summed E-state index contributed by atoms with van der Waals surface area (Å²) in [7, 11) is 3.52. The van der Waals surface area contributed by atoms with Crippen LogP contribution in [0, 0.1) is 29.1 Å². The van der Waals surface area contributed by atoms with Crippen molar-refractivity contribution in [1.82, 2.24) is 0 Å². The number of rotatable bonds is 4. The van der Waals surface area contributed by atoms with Gasteiger partial charge in [-0.2, -0.15) is 0 Å². The summed E-state index contributed by atoms with van der Waals surface area (Å²) in [4.78, 5) is 0. The van der Waals surface area contributed by atoms with Gasteiger partial charge in [0, 0.05) is 32.8 Å². The normalized spacial score (nSPS) is 49.2. The van der Waals surface area contributed by atoms with Gasteiger partial charge in [0.2, 0.25) is 0 Å². The second-order valence-corrected chi connectivity index (χ2v) is 7.08. The molecule has 0 aromatic heterocycles. The molecule has 0 saturated heterocycles. The summed E-state index contributed by atoms with van der Waals surface area (Å²) < 4.78 is 10.2. The van der Waals surface area contributed by atoms with Crippen molar-refractivity contribution in [3.05, 3.63) is 12.2 Å². The van der Waals surface area contributed by atoms with Crippen LogP contribution in [0.15, 0.2) is 12.2 Å². The van der Waals surface area contributed by atoms with Crippen LogP contribution in [0.2, 0.25) is 0 Å². The van der Waals surface area contributed by atoms with Crippen molar-refractivity contribution < 1.29 is 9.47 Å². The zero-order valence-electron chi connectivity index (χ0n) is 10.2. The summed E-state index contributed by atoms with van der Waals surface area (Å²) in [6.45, 7) is 1.54. The van der Waals surface area contributed by atoms with E-state index in [0.717, 1.165) is 19.6 Å². The fraction of sp³-hybridized carbons (Fsp3) is 0.846. The smallest absolute Gasteiger partial charge is 0.125 e. The van der Waals surface area contributed by atoms with Gasteiger partial charge < -0.3 is 9.47 Å². The molecule has 5 atom stereocenters. The Labute approximate surface area is 112 Å². The third-order valence-corrected chi connectivity index (χ3v) is 5.95. The molecule has 3 aliphatic rings. The van der Waals surface area contributed by atoms with E-state index in [0.29, 0.717) is 23.7 Å². The van der Waals surface area contributed by atoms with Crippen molar-refractivity contribution in [3.8, 4) is 0 Å². The molecule has 96 valence electrons. The summed E-state index contributed by atoms with van der Waals surface area (Å²) in [5, 5.41) is 0. The SMILES string of the molecule is COC[C@@H]1[C@H](COC)[C@@H]2C=C[C@H]1C21CC1(Cl)Cl. The average Bonchev–Trinajstić information content (AvgIpc) is 2.59. The molecule has 0 aromatic carbocycles. The summed E-state index contributed by atoms with van der Waals surface area (Å²) in [5.74, 6) is 1.91. The monoisotopic (exact) mass is 276 g/mol. The molecule has 1 spiro atoms. The van der Waals surface area contributed by atoms with Crippen molar-refractivity contribution in [2.24, 2.45) is 29.1 Å². The second-order valence-electron chi connectivity index (χ2n) is 5.60. The van der Waals surface area contributed by atoms with E-state index >= 15 is 0 Å². The van der Waals surface area contributed by atoms with Crippen molar-refractivity contribution >= 4 is 23.2 Å². The Bertz CT molecular complexity index is 331. The van der Waals surface area contributed by atoms with E-state index in [4.69, 9.17) is 32.7 Å². The van der Waals surface area contributed by atoms with Crippen LogP contribution in [0.5, 0.6) is 0 Å². The Kier molecular flexibility index (Phi) is 2.79. The topological polar surface area (TPSA) is 18.5 Å². The van der Waals surface area contributed by atoms with E-state index in [1.165, 1.54) is 0 Å². The molecule has 1 unspecified atom stereocenters. The molecule has 0 radical (unpaired) electrons. The number of halogens is 2. The highest BCUT2D eigenvalue weighted by Gasteiger charge is 2.79. The molecule has 0 aromatic rings. The van der Waals surface area contributed by atoms with E-state index in [2.05, 4.69) is 12.2 Å². The predicted molar refractivity (Wildman–Crippen MR) is 68.3 cm³/mol. The van der Waals surface area contributed by atoms with Gasteiger partial charge >= 0.3 is 0 Å². The molecule has 2 bridgehead atoms. The number of allylic oxidation sites excluding steroid dienone is 2. The van der Waals surface area contributed by atoms with Crippen LogP contribution in [-0.4, -0.2) is 31.8 Å². The molecular weight excluding hydrogens is 259 g/mol. The summed E-state index contributed by atoms with van der Waals surface area (Å²) in [6.07, 6.45) is 5.51. The predicted octanol–water partition coefficient (Wildman–Crippen LogP) is 2.89. The van der Waals surface area contributed by atoms with E-state index in [1.807, 2.05) is 0 Å². The molecule has 0 aliphatic heterocycles. The van der Waals surface area contributed by atoms with Crippen molar-refractivity contribution in [2.75, 3.05) is 27.4 Å². The van der Waals surface area contributed by atoms with Crippen LogP contribution >= 0.6 is 23.2 Å². The fourth-order valence-corrected chi connectivity index (χ4v) is 5.22. The lowest BCUT2D eigenvalue weighted by Gasteiger charge is -2.26. The molecule has 2 fully saturated rings. The third kappa shape index (κ3) is 1.42. The molecule has 17 heavy (non-hydrogen) atoms. The van der Waals surface area contributed by atoms with E-state index in [-0.39, 0.29) is 5.41 Å². The number of ether oxygens (including phenoxy) is 2. The second kappa shape index (κ2) is 3.86. The maximum absolute atomic E-state index is 6.41. The number of methoxy groups -OCH3 is 2. The average molecular weight is 277 g/mol. The van der Waals surface area contributed by atoms with Gasteiger partial charge in [-0.15, -0.1) is 23.2 Å². The summed E-state index contributed by atoms with van der Waals surface area (Å²) >= 11 is 12.8. The van der Waals surface area contributed by atoms with Gasteiger partial charge in [0.05, 0.1) is 0 Å². The number of hydrogen-bond acceptors (Lipinski definition) is 2. The van der Waals surface area contributed by atoms with E-state index in [9.17, 15) is 0 Å². The Morgan fingerprint density at radius 3 is 1.76 bits per heavy atom. The van der Waals surface area contributed by atoms with Gasteiger partial charge in [-0.3, -0.25) is 0 Å². The maximum Gasteiger partial charge on any atom is 0.125 e. The highest BCUT2D eigenvalue weighted by molar-refractivity contribution is 6.51. The van der Waals surface area contributed by atoms with E-state index < -0.39 is 4.33 Å².